The molecule has 2 N–H and O–H groups in total. The van der Waals surface area contributed by atoms with Crippen molar-refractivity contribution in [3.05, 3.63) is 36.2 Å². The Kier molecular flexibility index (Phi) is 2.48. The second-order valence-corrected chi connectivity index (χ2v) is 5.00. The van der Waals surface area contributed by atoms with E-state index in [1.165, 1.54) is 17.7 Å². The summed E-state index contributed by atoms with van der Waals surface area (Å²) < 4.78 is 2.22. The fourth-order valence-electron chi connectivity index (χ4n) is 2.55. The fraction of sp³-hybridized carbons (Fsp3) is 0.500. The Labute approximate surface area is 100 Å². The highest BCUT2D eigenvalue weighted by Crippen LogP contribution is 2.30. The largest absolute Gasteiger partial charge is 0.329 e. The van der Waals surface area contributed by atoms with Crippen LogP contribution in [0, 0.1) is 0 Å². The molecule has 1 aliphatic heterocycles. The Morgan fingerprint density at radius 2 is 2.41 bits per heavy atom. The maximum atomic E-state index is 4.30. The summed E-state index contributed by atoms with van der Waals surface area (Å²) in [7, 11) is 0. The second kappa shape index (κ2) is 4.00. The van der Waals surface area contributed by atoms with Gasteiger partial charge in [-0.05, 0) is 13.0 Å². The molecule has 0 bridgehead atoms. The van der Waals surface area contributed by atoms with E-state index < -0.39 is 0 Å². The van der Waals surface area contributed by atoms with Gasteiger partial charge in [0.2, 0.25) is 0 Å². The van der Waals surface area contributed by atoms with E-state index in [1.54, 1.807) is 0 Å². The summed E-state index contributed by atoms with van der Waals surface area (Å²) in [4.78, 5) is 4.30. The molecule has 0 saturated carbocycles. The van der Waals surface area contributed by atoms with Crippen molar-refractivity contribution in [2.24, 2.45) is 0 Å². The third-order valence-corrected chi connectivity index (χ3v) is 3.61. The second-order valence-electron chi connectivity index (χ2n) is 5.00. The van der Waals surface area contributed by atoms with Gasteiger partial charge >= 0.3 is 0 Å². The van der Waals surface area contributed by atoms with Gasteiger partial charge in [0.05, 0.1) is 19.1 Å². The highest BCUT2D eigenvalue weighted by molar-refractivity contribution is 5.19. The minimum atomic E-state index is 0.209. The fourth-order valence-corrected chi connectivity index (χ4v) is 2.55. The Hall–Kier alpha value is -1.62. The Morgan fingerprint density at radius 3 is 3.12 bits per heavy atom. The van der Waals surface area contributed by atoms with E-state index in [4.69, 9.17) is 0 Å². The maximum Gasteiger partial charge on any atom is 0.0951 e. The van der Waals surface area contributed by atoms with Crippen LogP contribution < -0.4 is 5.32 Å². The molecule has 0 amide bonds. The Bertz CT molecular complexity index is 479. The van der Waals surface area contributed by atoms with Crippen LogP contribution in [0.1, 0.15) is 24.6 Å². The van der Waals surface area contributed by atoms with Crippen molar-refractivity contribution in [1.82, 2.24) is 25.1 Å². The summed E-state index contributed by atoms with van der Waals surface area (Å²) >= 11 is 0. The summed E-state index contributed by atoms with van der Waals surface area (Å²) in [5, 5.41) is 10.2. The number of aromatic amines is 1. The molecule has 5 nitrogen and oxygen atoms in total. The number of hydrogen-bond acceptors (Lipinski definition) is 3. The van der Waals surface area contributed by atoms with Gasteiger partial charge in [-0.1, -0.05) is 6.92 Å². The molecule has 2 aromatic rings. The summed E-state index contributed by atoms with van der Waals surface area (Å²) in [5.74, 6) is 0. The predicted molar refractivity (Wildman–Crippen MR) is 64.8 cm³/mol. The number of hydrogen-bond donors (Lipinski definition) is 2. The van der Waals surface area contributed by atoms with E-state index in [0.29, 0.717) is 0 Å². The van der Waals surface area contributed by atoms with Crippen LogP contribution in [0.5, 0.6) is 0 Å². The molecular weight excluding hydrogens is 214 g/mol. The van der Waals surface area contributed by atoms with Gasteiger partial charge in [-0.25, -0.2) is 4.98 Å². The van der Waals surface area contributed by atoms with Crippen molar-refractivity contribution < 1.29 is 0 Å². The SMILES string of the molecule is CC1(c2cncn2Cc2cn[nH]c2)CCNC1. The van der Waals surface area contributed by atoms with Crippen molar-refractivity contribution >= 4 is 0 Å². The lowest BCUT2D eigenvalue weighted by molar-refractivity contribution is 0.481. The quantitative estimate of drug-likeness (QED) is 0.825. The monoisotopic (exact) mass is 231 g/mol. The van der Waals surface area contributed by atoms with Crippen LogP contribution in [0.3, 0.4) is 0 Å². The molecule has 1 saturated heterocycles. The number of aromatic nitrogens is 4. The first-order valence-corrected chi connectivity index (χ1v) is 5.97. The van der Waals surface area contributed by atoms with Gasteiger partial charge in [-0.2, -0.15) is 5.10 Å². The summed E-state index contributed by atoms with van der Waals surface area (Å²) in [5.41, 5.74) is 2.70. The van der Waals surface area contributed by atoms with Crippen LogP contribution in [0.4, 0.5) is 0 Å². The Morgan fingerprint density at radius 1 is 1.47 bits per heavy atom. The molecule has 0 aliphatic carbocycles. The normalized spacial score (nSPS) is 24.3. The van der Waals surface area contributed by atoms with Crippen LogP contribution in [0.15, 0.2) is 24.9 Å². The van der Waals surface area contributed by atoms with Gasteiger partial charge in [0, 0.05) is 35.6 Å². The standard InChI is InChI=1S/C12H17N5/c1-12(2-3-13-8-12)11-6-14-9-17(11)7-10-4-15-16-5-10/h4-6,9,13H,2-3,7-8H2,1H3,(H,15,16). The number of H-pyrrole nitrogens is 1. The first-order valence-electron chi connectivity index (χ1n) is 5.97. The first-order chi connectivity index (χ1) is 8.28. The van der Waals surface area contributed by atoms with Crippen LogP contribution in [-0.4, -0.2) is 32.8 Å². The maximum absolute atomic E-state index is 4.30. The van der Waals surface area contributed by atoms with E-state index in [2.05, 4.69) is 32.0 Å². The van der Waals surface area contributed by atoms with Crippen molar-refractivity contribution in [2.45, 2.75) is 25.3 Å². The number of nitrogens with one attached hydrogen (secondary N) is 2. The topological polar surface area (TPSA) is 58.5 Å². The Balaban J connectivity index is 1.89. The van der Waals surface area contributed by atoms with E-state index in [9.17, 15) is 0 Å². The van der Waals surface area contributed by atoms with Crippen LogP contribution in [0.25, 0.3) is 0 Å². The van der Waals surface area contributed by atoms with Crippen molar-refractivity contribution in [3.8, 4) is 0 Å². The third kappa shape index (κ3) is 1.86. The van der Waals surface area contributed by atoms with Gasteiger partial charge in [0.1, 0.15) is 0 Å². The lowest BCUT2D eigenvalue weighted by Gasteiger charge is -2.24. The summed E-state index contributed by atoms with van der Waals surface area (Å²) in [6.45, 7) is 5.26. The average molecular weight is 231 g/mol. The lowest BCUT2D eigenvalue weighted by Crippen LogP contribution is -2.28. The van der Waals surface area contributed by atoms with Gasteiger partial charge in [0.15, 0.2) is 0 Å². The van der Waals surface area contributed by atoms with Crippen molar-refractivity contribution in [1.29, 1.82) is 0 Å². The van der Waals surface area contributed by atoms with Crippen LogP contribution in [0.2, 0.25) is 0 Å². The van der Waals surface area contributed by atoms with Gasteiger partial charge < -0.3 is 9.88 Å². The molecule has 1 unspecified atom stereocenters. The van der Waals surface area contributed by atoms with E-state index in [0.717, 1.165) is 19.6 Å². The van der Waals surface area contributed by atoms with Gasteiger partial charge in [0.25, 0.3) is 0 Å². The first kappa shape index (κ1) is 10.5. The molecule has 0 spiro atoms. The third-order valence-electron chi connectivity index (χ3n) is 3.61. The highest BCUT2D eigenvalue weighted by atomic mass is 15.1. The molecule has 90 valence electrons. The molecule has 1 aliphatic rings. The smallest absolute Gasteiger partial charge is 0.0951 e. The van der Waals surface area contributed by atoms with Crippen LogP contribution >= 0.6 is 0 Å². The lowest BCUT2D eigenvalue weighted by atomic mass is 9.86. The molecule has 17 heavy (non-hydrogen) atoms. The van der Waals surface area contributed by atoms with Gasteiger partial charge in [-0.3, -0.25) is 5.10 Å². The molecule has 3 rings (SSSR count). The zero-order chi connectivity index (χ0) is 11.7. The van der Waals surface area contributed by atoms with E-state index >= 15 is 0 Å². The molecule has 3 heterocycles. The van der Waals surface area contributed by atoms with E-state index in [1.807, 2.05) is 24.9 Å². The number of imidazole rings is 1. The van der Waals surface area contributed by atoms with E-state index in [-0.39, 0.29) is 5.41 Å². The zero-order valence-electron chi connectivity index (χ0n) is 9.98. The van der Waals surface area contributed by atoms with Gasteiger partial charge in [-0.15, -0.1) is 0 Å². The molecule has 2 aromatic heterocycles. The van der Waals surface area contributed by atoms with Crippen molar-refractivity contribution in [2.75, 3.05) is 13.1 Å². The van der Waals surface area contributed by atoms with Crippen LogP contribution in [-0.2, 0) is 12.0 Å². The molecule has 0 radical (unpaired) electrons. The minimum Gasteiger partial charge on any atom is -0.329 e. The molecule has 0 aromatic carbocycles. The average Bonchev–Trinajstić information content (AvgIpc) is 3.00. The molecular formula is C12H17N5. The number of rotatable bonds is 3. The highest BCUT2D eigenvalue weighted by Gasteiger charge is 2.33. The predicted octanol–water partition coefficient (Wildman–Crippen LogP) is 0.905. The molecule has 5 heteroatoms. The number of nitrogens with zero attached hydrogens (tertiary/aromatic N) is 3. The summed E-state index contributed by atoms with van der Waals surface area (Å²) in [6, 6.07) is 0. The molecule has 1 fully saturated rings. The zero-order valence-corrected chi connectivity index (χ0v) is 9.98. The minimum absolute atomic E-state index is 0.209. The summed E-state index contributed by atoms with van der Waals surface area (Å²) in [6.07, 6.45) is 8.86. The van der Waals surface area contributed by atoms with Crippen molar-refractivity contribution in [3.63, 3.8) is 0 Å². The molecule has 1 atom stereocenters.